The maximum absolute atomic E-state index is 12.0. The van der Waals surface area contributed by atoms with E-state index in [1.54, 1.807) is 13.0 Å². The van der Waals surface area contributed by atoms with Crippen LogP contribution in [-0.2, 0) is 20.9 Å². The Kier molecular flexibility index (Phi) is 6.61. The molecule has 0 bridgehead atoms. The molecule has 1 atom stereocenters. The van der Waals surface area contributed by atoms with Crippen LogP contribution in [0, 0.1) is 0 Å². The third-order valence-electron chi connectivity index (χ3n) is 6.32. The molecule has 0 aromatic heterocycles. The van der Waals surface area contributed by atoms with Crippen LogP contribution in [-0.4, -0.2) is 42.6 Å². The van der Waals surface area contributed by atoms with Crippen LogP contribution < -0.4 is 10.1 Å². The summed E-state index contributed by atoms with van der Waals surface area (Å²) in [5.74, 6) is 0.343. The molecule has 2 aliphatic rings. The lowest BCUT2D eigenvalue weighted by molar-refractivity contribution is -0.134. The van der Waals surface area contributed by atoms with Crippen LogP contribution in [0.15, 0.2) is 54.6 Å². The Morgan fingerprint density at radius 3 is 2.62 bits per heavy atom. The lowest BCUT2D eigenvalue weighted by atomic mass is 9.80. The smallest absolute Gasteiger partial charge is 0.330 e. The summed E-state index contributed by atoms with van der Waals surface area (Å²) in [5, 5.41) is 3.12. The van der Waals surface area contributed by atoms with Crippen molar-refractivity contribution < 1.29 is 19.1 Å². The van der Waals surface area contributed by atoms with Gasteiger partial charge in [0.1, 0.15) is 11.4 Å². The number of ether oxygens (including phenoxy) is 2. The van der Waals surface area contributed by atoms with E-state index in [-0.39, 0.29) is 17.6 Å². The van der Waals surface area contributed by atoms with Crippen molar-refractivity contribution in [3.8, 4) is 5.75 Å². The van der Waals surface area contributed by atoms with Crippen molar-refractivity contribution in [2.75, 3.05) is 20.2 Å². The molecule has 0 aliphatic carbocycles. The Hall–Kier alpha value is -3.12. The number of amides is 1. The van der Waals surface area contributed by atoms with Crippen LogP contribution in [0.4, 0.5) is 0 Å². The first-order valence-electron chi connectivity index (χ1n) is 11.1. The number of rotatable bonds is 5. The van der Waals surface area contributed by atoms with Gasteiger partial charge in [-0.15, -0.1) is 0 Å². The number of hydrogen-bond acceptors (Lipinski definition) is 5. The maximum Gasteiger partial charge on any atom is 0.330 e. The second kappa shape index (κ2) is 9.57. The summed E-state index contributed by atoms with van der Waals surface area (Å²) in [7, 11) is 1.35. The minimum Gasteiger partial charge on any atom is -0.487 e. The van der Waals surface area contributed by atoms with Crippen molar-refractivity contribution in [3.63, 3.8) is 0 Å². The van der Waals surface area contributed by atoms with E-state index in [2.05, 4.69) is 39.2 Å². The molecular weight excluding hydrogens is 404 g/mol. The lowest BCUT2D eigenvalue weighted by Gasteiger charge is -2.47. The average Bonchev–Trinajstić information content (AvgIpc) is 2.79. The number of fused-ring (bicyclic) bond motifs is 1. The maximum atomic E-state index is 12.0. The molecule has 1 spiro atoms. The molecule has 2 heterocycles. The fourth-order valence-electron chi connectivity index (χ4n) is 4.67. The Labute approximate surface area is 189 Å². The number of piperidine rings is 1. The number of carbonyl (C=O) groups excluding carboxylic acids is 2. The Balaban J connectivity index is 1.50. The van der Waals surface area contributed by atoms with E-state index >= 15 is 0 Å². The highest BCUT2D eigenvalue weighted by molar-refractivity contribution is 5.87. The summed E-state index contributed by atoms with van der Waals surface area (Å²) in [6, 6.07) is 16.2. The standard InChI is InChI=1S/C26H30N2O4/c1-19(29)27-23-17-26(12-14-28(15-13-26)18-21-6-4-3-5-7-21)32-24-10-8-20(16-22(23)24)9-11-25(30)31-2/h3-11,16,23H,12-15,17-18H2,1-2H3,(H,27,29)/b11-9+. The van der Waals surface area contributed by atoms with E-state index < -0.39 is 5.97 Å². The molecule has 6 nitrogen and oxygen atoms in total. The zero-order valence-corrected chi connectivity index (χ0v) is 18.7. The number of methoxy groups -OCH3 is 1. The number of esters is 1. The van der Waals surface area contributed by atoms with Gasteiger partial charge in [-0.1, -0.05) is 36.4 Å². The zero-order valence-electron chi connectivity index (χ0n) is 18.7. The number of carbonyl (C=O) groups is 2. The first-order chi connectivity index (χ1) is 15.5. The van der Waals surface area contributed by atoms with E-state index in [0.29, 0.717) is 0 Å². The first-order valence-corrected chi connectivity index (χ1v) is 11.1. The molecular formula is C26H30N2O4. The summed E-state index contributed by atoms with van der Waals surface area (Å²) in [6.07, 6.45) is 5.67. The second-order valence-electron chi connectivity index (χ2n) is 8.66. The van der Waals surface area contributed by atoms with Gasteiger partial charge in [0.2, 0.25) is 5.91 Å². The molecule has 2 aromatic carbocycles. The van der Waals surface area contributed by atoms with Gasteiger partial charge in [-0.2, -0.15) is 0 Å². The largest absolute Gasteiger partial charge is 0.487 e. The number of hydrogen-bond donors (Lipinski definition) is 1. The second-order valence-corrected chi connectivity index (χ2v) is 8.66. The molecule has 1 unspecified atom stereocenters. The first kappa shape index (κ1) is 22.1. The molecule has 32 heavy (non-hydrogen) atoms. The van der Waals surface area contributed by atoms with E-state index in [0.717, 1.165) is 55.8 Å². The molecule has 1 N–H and O–H groups in total. The normalized spacial score (nSPS) is 19.9. The monoisotopic (exact) mass is 434 g/mol. The number of nitrogens with zero attached hydrogens (tertiary/aromatic N) is 1. The highest BCUT2D eigenvalue weighted by Crippen LogP contribution is 2.44. The van der Waals surface area contributed by atoms with Crippen LogP contribution >= 0.6 is 0 Å². The van der Waals surface area contributed by atoms with Gasteiger partial charge in [0.15, 0.2) is 0 Å². The van der Waals surface area contributed by atoms with E-state index in [4.69, 9.17) is 4.74 Å². The predicted molar refractivity (Wildman–Crippen MR) is 123 cm³/mol. The Morgan fingerprint density at radius 1 is 1.19 bits per heavy atom. The molecule has 6 heteroatoms. The molecule has 1 fully saturated rings. The molecule has 1 amide bonds. The summed E-state index contributed by atoms with van der Waals surface area (Å²) in [4.78, 5) is 25.9. The van der Waals surface area contributed by atoms with Crippen LogP contribution in [0.2, 0.25) is 0 Å². The minimum absolute atomic E-state index is 0.0602. The highest BCUT2D eigenvalue weighted by atomic mass is 16.5. The molecule has 168 valence electrons. The molecule has 2 aromatic rings. The van der Waals surface area contributed by atoms with E-state index in [1.807, 2.05) is 24.3 Å². The molecule has 1 saturated heterocycles. The van der Waals surface area contributed by atoms with Crippen molar-refractivity contribution >= 4 is 18.0 Å². The van der Waals surface area contributed by atoms with Gasteiger partial charge in [-0.25, -0.2) is 4.79 Å². The van der Waals surface area contributed by atoms with Gasteiger partial charge in [-0.05, 0) is 42.2 Å². The fraction of sp³-hybridized carbons (Fsp3) is 0.385. The minimum atomic E-state index is -0.404. The third-order valence-corrected chi connectivity index (χ3v) is 6.32. The van der Waals surface area contributed by atoms with Gasteiger partial charge in [0, 0.05) is 44.6 Å². The Bertz CT molecular complexity index is 994. The van der Waals surface area contributed by atoms with Crippen LogP contribution in [0.5, 0.6) is 5.75 Å². The topological polar surface area (TPSA) is 67.9 Å². The van der Waals surface area contributed by atoms with Gasteiger partial charge in [0.25, 0.3) is 0 Å². The van der Waals surface area contributed by atoms with Crippen molar-refractivity contribution in [1.29, 1.82) is 0 Å². The number of nitrogens with one attached hydrogen (secondary N) is 1. The van der Waals surface area contributed by atoms with Crippen molar-refractivity contribution in [3.05, 3.63) is 71.3 Å². The quantitative estimate of drug-likeness (QED) is 0.572. The third kappa shape index (κ3) is 5.19. The van der Waals surface area contributed by atoms with E-state index in [1.165, 1.54) is 18.7 Å². The van der Waals surface area contributed by atoms with Crippen LogP contribution in [0.25, 0.3) is 6.08 Å². The molecule has 2 aliphatic heterocycles. The summed E-state index contributed by atoms with van der Waals surface area (Å²) in [5.41, 5.74) is 2.85. The summed E-state index contributed by atoms with van der Waals surface area (Å²) in [6.45, 7) is 4.40. The highest BCUT2D eigenvalue weighted by Gasteiger charge is 2.43. The van der Waals surface area contributed by atoms with Crippen molar-refractivity contribution in [2.45, 2.75) is 44.4 Å². The van der Waals surface area contributed by atoms with Gasteiger partial charge in [0.05, 0.1) is 13.2 Å². The number of benzene rings is 2. The number of likely N-dealkylation sites (tertiary alicyclic amines) is 1. The van der Waals surface area contributed by atoms with E-state index in [9.17, 15) is 9.59 Å². The molecule has 4 rings (SSSR count). The summed E-state index contributed by atoms with van der Waals surface area (Å²) >= 11 is 0. The lowest BCUT2D eigenvalue weighted by Crippen LogP contribution is -2.52. The van der Waals surface area contributed by atoms with Crippen LogP contribution in [0.3, 0.4) is 0 Å². The average molecular weight is 435 g/mol. The SMILES string of the molecule is COC(=O)/C=C/c1ccc2c(c1)C(NC(C)=O)CC1(CCN(Cc3ccccc3)CC1)O2. The van der Waals surface area contributed by atoms with Crippen molar-refractivity contribution in [1.82, 2.24) is 10.2 Å². The Morgan fingerprint density at radius 2 is 1.94 bits per heavy atom. The zero-order chi connectivity index (χ0) is 22.6. The molecule has 0 radical (unpaired) electrons. The molecule has 0 saturated carbocycles. The van der Waals surface area contributed by atoms with Gasteiger partial charge in [-0.3, -0.25) is 9.69 Å². The fourth-order valence-corrected chi connectivity index (χ4v) is 4.67. The summed E-state index contributed by atoms with van der Waals surface area (Å²) < 4.78 is 11.2. The van der Waals surface area contributed by atoms with Crippen LogP contribution in [0.1, 0.15) is 48.9 Å². The van der Waals surface area contributed by atoms with Gasteiger partial charge >= 0.3 is 5.97 Å². The van der Waals surface area contributed by atoms with Gasteiger partial charge < -0.3 is 14.8 Å². The van der Waals surface area contributed by atoms with Crippen molar-refractivity contribution in [2.24, 2.45) is 0 Å². The predicted octanol–water partition coefficient (Wildman–Crippen LogP) is 3.87.